The number of methoxy groups -OCH3 is 1. The van der Waals surface area contributed by atoms with Crippen molar-refractivity contribution < 1.29 is 4.74 Å². The zero-order valence-electron chi connectivity index (χ0n) is 9.18. The molecule has 0 atom stereocenters. The molecule has 0 amide bonds. The predicted molar refractivity (Wildman–Crippen MR) is 64.1 cm³/mol. The van der Waals surface area contributed by atoms with Gasteiger partial charge in [0.05, 0.1) is 13.3 Å². The molecule has 82 valence electrons. The second kappa shape index (κ2) is 4.77. The lowest BCUT2D eigenvalue weighted by atomic mass is 10.0. The largest absolute Gasteiger partial charge is 0.495 e. The molecule has 3 nitrogen and oxygen atoms in total. The highest BCUT2D eigenvalue weighted by Crippen LogP contribution is 2.23. The van der Waals surface area contributed by atoms with E-state index in [9.17, 15) is 0 Å². The summed E-state index contributed by atoms with van der Waals surface area (Å²) < 4.78 is 5.15. The molecular weight excluding hydrogens is 200 g/mol. The van der Waals surface area contributed by atoms with Crippen molar-refractivity contribution in [3.05, 3.63) is 48.3 Å². The molecule has 1 aromatic heterocycles. The molecule has 2 N–H and O–H groups in total. The highest BCUT2D eigenvalue weighted by molar-refractivity contribution is 5.64. The topological polar surface area (TPSA) is 48.1 Å². The van der Waals surface area contributed by atoms with Crippen LogP contribution in [-0.4, -0.2) is 12.1 Å². The van der Waals surface area contributed by atoms with Gasteiger partial charge in [0.1, 0.15) is 5.75 Å². The van der Waals surface area contributed by atoms with Crippen molar-refractivity contribution in [1.82, 2.24) is 4.98 Å². The van der Waals surface area contributed by atoms with E-state index in [0.717, 1.165) is 22.4 Å². The Morgan fingerprint density at radius 2 is 2.06 bits per heavy atom. The third-order valence-electron chi connectivity index (χ3n) is 2.44. The first-order valence-electron chi connectivity index (χ1n) is 5.12. The fourth-order valence-electron chi connectivity index (χ4n) is 1.57. The van der Waals surface area contributed by atoms with Crippen LogP contribution in [0.25, 0.3) is 11.1 Å². The molecule has 1 heterocycles. The molecule has 0 saturated carbocycles. The van der Waals surface area contributed by atoms with Gasteiger partial charge in [-0.05, 0) is 23.3 Å². The molecule has 0 spiro atoms. The molecule has 0 saturated heterocycles. The van der Waals surface area contributed by atoms with Crippen LogP contribution in [-0.2, 0) is 6.54 Å². The van der Waals surface area contributed by atoms with Gasteiger partial charge < -0.3 is 10.5 Å². The number of pyridine rings is 1. The number of hydrogen-bond donors (Lipinski definition) is 1. The fraction of sp³-hybridized carbons (Fsp3) is 0.154. The quantitative estimate of drug-likeness (QED) is 0.852. The van der Waals surface area contributed by atoms with E-state index in [1.807, 2.05) is 30.5 Å². The Bertz CT molecular complexity index is 437. The fourth-order valence-corrected chi connectivity index (χ4v) is 1.57. The van der Waals surface area contributed by atoms with Crippen LogP contribution < -0.4 is 10.5 Å². The summed E-state index contributed by atoms with van der Waals surface area (Å²) in [6.07, 6.45) is 3.51. The smallest absolute Gasteiger partial charge is 0.137 e. The third kappa shape index (κ3) is 2.20. The van der Waals surface area contributed by atoms with Gasteiger partial charge in [-0.15, -0.1) is 0 Å². The van der Waals surface area contributed by atoms with Crippen LogP contribution in [0.4, 0.5) is 0 Å². The van der Waals surface area contributed by atoms with Crippen LogP contribution in [0.5, 0.6) is 5.75 Å². The number of benzene rings is 1. The van der Waals surface area contributed by atoms with Crippen LogP contribution in [0.3, 0.4) is 0 Å². The molecule has 0 unspecified atom stereocenters. The summed E-state index contributed by atoms with van der Waals surface area (Å²) >= 11 is 0. The zero-order chi connectivity index (χ0) is 11.4. The maximum atomic E-state index is 5.61. The number of hydrogen-bond acceptors (Lipinski definition) is 3. The van der Waals surface area contributed by atoms with Crippen molar-refractivity contribution in [3.63, 3.8) is 0 Å². The summed E-state index contributed by atoms with van der Waals surface area (Å²) in [5, 5.41) is 0. The summed E-state index contributed by atoms with van der Waals surface area (Å²) in [6.45, 7) is 0.547. The summed E-state index contributed by atoms with van der Waals surface area (Å²) in [5.41, 5.74) is 8.87. The van der Waals surface area contributed by atoms with Crippen molar-refractivity contribution in [3.8, 4) is 16.9 Å². The standard InChI is InChI=1S/C13H14N2O/c1-16-13-6-12(8-15-9-13)11-4-2-3-10(5-11)7-14/h2-6,8-9H,7,14H2,1H3. The first-order chi connectivity index (χ1) is 7.83. The van der Waals surface area contributed by atoms with E-state index < -0.39 is 0 Å². The maximum Gasteiger partial charge on any atom is 0.137 e. The van der Waals surface area contributed by atoms with Crippen LogP contribution in [0.15, 0.2) is 42.7 Å². The second-order valence-electron chi connectivity index (χ2n) is 3.52. The molecule has 0 fully saturated rings. The van der Waals surface area contributed by atoms with Gasteiger partial charge in [0, 0.05) is 18.3 Å². The minimum atomic E-state index is 0.547. The lowest BCUT2D eigenvalue weighted by Crippen LogP contribution is -1.95. The molecule has 2 rings (SSSR count). The normalized spacial score (nSPS) is 10.1. The third-order valence-corrected chi connectivity index (χ3v) is 2.44. The molecule has 3 heteroatoms. The van der Waals surface area contributed by atoms with E-state index in [2.05, 4.69) is 11.1 Å². The van der Waals surface area contributed by atoms with E-state index >= 15 is 0 Å². The molecule has 0 bridgehead atoms. The molecule has 0 aliphatic carbocycles. The number of aromatic nitrogens is 1. The summed E-state index contributed by atoms with van der Waals surface area (Å²) in [7, 11) is 1.64. The zero-order valence-corrected chi connectivity index (χ0v) is 9.18. The van der Waals surface area contributed by atoms with Gasteiger partial charge in [-0.2, -0.15) is 0 Å². The lowest BCUT2D eigenvalue weighted by molar-refractivity contribution is 0.413. The predicted octanol–water partition coefficient (Wildman–Crippen LogP) is 2.22. The minimum Gasteiger partial charge on any atom is -0.495 e. The molecule has 1 aromatic carbocycles. The van der Waals surface area contributed by atoms with E-state index in [-0.39, 0.29) is 0 Å². The lowest BCUT2D eigenvalue weighted by Gasteiger charge is -2.05. The van der Waals surface area contributed by atoms with Gasteiger partial charge in [-0.1, -0.05) is 18.2 Å². The summed E-state index contributed by atoms with van der Waals surface area (Å²) in [5.74, 6) is 0.760. The number of nitrogens with two attached hydrogens (primary N) is 1. The Balaban J connectivity index is 2.41. The van der Waals surface area contributed by atoms with Gasteiger partial charge >= 0.3 is 0 Å². The van der Waals surface area contributed by atoms with Crippen molar-refractivity contribution >= 4 is 0 Å². The highest BCUT2D eigenvalue weighted by Gasteiger charge is 2.00. The number of rotatable bonds is 3. The second-order valence-corrected chi connectivity index (χ2v) is 3.52. The average molecular weight is 214 g/mol. The van der Waals surface area contributed by atoms with Crippen molar-refractivity contribution in [1.29, 1.82) is 0 Å². The Labute approximate surface area is 94.9 Å². The van der Waals surface area contributed by atoms with Crippen LogP contribution >= 0.6 is 0 Å². The molecule has 0 radical (unpaired) electrons. The van der Waals surface area contributed by atoms with E-state index in [4.69, 9.17) is 10.5 Å². The van der Waals surface area contributed by atoms with Gasteiger partial charge in [-0.25, -0.2) is 0 Å². The average Bonchev–Trinajstić information content (AvgIpc) is 2.39. The van der Waals surface area contributed by atoms with E-state index in [1.165, 1.54) is 0 Å². The van der Waals surface area contributed by atoms with E-state index in [0.29, 0.717) is 6.54 Å². The monoisotopic (exact) mass is 214 g/mol. The Morgan fingerprint density at radius 1 is 1.19 bits per heavy atom. The number of ether oxygens (including phenoxy) is 1. The maximum absolute atomic E-state index is 5.61. The van der Waals surface area contributed by atoms with Gasteiger partial charge in [0.25, 0.3) is 0 Å². The van der Waals surface area contributed by atoms with Gasteiger partial charge in [-0.3, -0.25) is 4.98 Å². The summed E-state index contributed by atoms with van der Waals surface area (Å²) in [4.78, 5) is 4.13. The van der Waals surface area contributed by atoms with Gasteiger partial charge in [0.2, 0.25) is 0 Å². The van der Waals surface area contributed by atoms with Crippen molar-refractivity contribution in [2.75, 3.05) is 7.11 Å². The minimum absolute atomic E-state index is 0.547. The molecule has 16 heavy (non-hydrogen) atoms. The van der Waals surface area contributed by atoms with Crippen molar-refractivity contribution in [2.24, 2.45) is 5.73 Å². The first-order valence-corrected chi connectivity index (χ1v) is 5.12. The Morgan fingerprint density at radius 3 is 2.81 bits per heavy atom. The van der Waals surface area contributed by atoms with E-state index in [1.54, 1.807) is 13.3 Å². The highest BCUT2D eigenvalue weighted by atomic mass is 16.5. The molecule has 0 aliphatic heterocycles. The van der Waals surface area contributed by atoms with Crippen LogP contribution in [0.2, 0.25) is 0 Å². The van der Waals surface area contributed by atoms with Crippen molar-refractivity contribution in [2.45, 2.75) is 6.54 Å². The molecule has 0 aliphatic rings. The van der Waals surface area contributed by atoms with Crippen LogP contribution in [0, 0.1) is 0 Å². The first kappa shape index (κ1) is 10.6. The SMILES string of the molecule is COc1cncc(-c2cccc(CN)c2)c1. The number of nitrogens with zero attached hydrogens (tertiary/aromatic N) is 1. The summed E-state index contributed by atoms with van der Waals surface area (Å²) in [6, 6.07) is 10.1. The van der Waals surface area contributed by atoms with Gasteiger partial charge in [0.15, 0.2) is 0 Å². The van der Waals surface area contributed by atoms with Crippen LogP contribution in [0.1, 0.15) is 5.56 Å². The molecular formula is C13H14N2O. The Kier molecular flexibility index (Phi) is 3.17. The Hall–Kier alpha value is -1.87. The molecule has 2 aromatic rings.